The van der Waals surface area contributed by atoms with Crippen LogP contribution in [0.15, 0.2) is 35.8 Å². The molecular formula is C27H28ClN5O2S2. The molecule has 1 aromatic carbocycles. The minimum Gasteiger partial charge on any atom is -0.349 e. The Hall–Kier alpha value is -2.75. The van der Waals surface area contributed by atoms with E-state index in [4.69, 9.17) is 11.6 Å². The van der Waals surface area contributed by atoms with Gasteiger partial charge in [0.2, 0.25) is 0 Å². The number of halogens is 1. The fourth-order valence-corrected chi connectivity index (χ4v) is 8.08. The van der Waals surface area contributed by atoms with Crippen LogP contribution in [-0.4, -0.2) is 50.2 Å². The number of carbonyl (C=O) groups is 2. The number of rotatable bonds is 5. The molecule has 0 radical (unpaired) electrons. The normalized spacial score (nSPS) is 23.1. The number of carbonyl (C=O) groups excluding carboxylic acids is 2. The van der Waals surface area contributed by atoms with E-state index in [9.17, 15) is 9.59 Å². The van der Waals surface area contributed by atoms with Gasteiger partial charge in [0, 0.05) is 29.7 Å². The van der Waals surface area contributed by atoms with Crippen molar-refractivity contribution < 1.29 is 9.59 Å². The van der Waals surface area contributed by atoms with E-state index in [0.717, 1.165) is 33.3 Å². The molecule has 1 saturated carbocycles. The average Bonchev–Trinajstić information content (AvgIpc) is 3.64. The topological polar surface area (TPSA) is 79.6 Å². The number of aryl methyl sites for hydroxylation is 2. The molecule has 192 valence electrons. The molecule has 2 aliphatic rings. The number of hydrogen-bond donors (Lipinski definition) is 1. The summed E-state index contributed by atoms with van der Waals surface area (Å²) in [6.07, 6.45) is 4.04. The fourth-order valence-electron chi connectivity index (χ4n) is 6.22. The Kier molecular flexibility index (Phi) is 6.33. The summed E-state index contributed by atoms with van der Waals surface area (Å²) < 4.78 is 1.84. The van der Waals surface area contributed by atoms with Crippen LogP contribution in [0.1, 0.15) is 51.4 Å². The third-order valence-electron chi connectivity index (χ3n) is 7.72. The smallest absolute Gasteiger partial charge is 0.274 e. The first kappa shape index (κ1) is 24.6. The standard InChI is InChI=1S/C27H28ClN5O2S2/c1-14-9-18-13-33(26(35)22-24(37-16(3)31-22)17-5-4-6-19(28)11-17)21(20(18)10-14)12-29-25(34)23-15(2)30-27-32(23)7-8-36-27/h4-8,11,14,18,20-21H,9-10,12-13H2,1-3H3,(H,29,34)/t14?,18-,20-,21+/m0/s1. The molecule has 6 rings (SSSR count). The number of benzene rings is 1. The van der Waals surface area contributed by atoms with Gasteiger partial charge in [-0.15, -0.1) is 22.7 Å². The van der Waals surface area contributed by atoms with Gasteiger partial charge in [-0.2, -0.15) is 0 Å². The molecule has 3 aromatic heterocycles. The maximum Gasteiger partial charge on any atom is 0.274 e. The predicted molar refractivity (Wildman–Crippen MR) is 148 cm³/mol. The maximum atomic E-state index is 14.0. The van der Waals surface area contributed by atoms with Crippen molar-refractivity contribution >= 4 is 51.0 Å². The molecule has 0 spiro atoms. The molecule has 2 amide bonds. The highest BCUT2D eigenvalue weighted by Gasteiger charge is 2.48. The summed E-state index contributed by atoms with van der Waals surface area (Å²) in [4.78, 5) is 40.1. The Bertz CT molecular complexity index is 1510. The molecule has 2 fully saturated rings. The predicted octanol–water partition coefficient (Wildman–Crippen LogP) is 5.71. The van der Waals surface area contributed by atoms with E-state index in [1.54, 1.807) is 0 Å². The molecule has 0 bridgehead atoms. The number of aromatic nitrogens is 3. The minimum atomic E-state index is -0.158. The van der Waals surface area contributed by atoms with E-state index < -0.39 is 0 Å². The van der Waals surface area contributed by atoms with Crippen LogP contribution >= 0.6 is 34.3 Å². The van der Waals surface area contributed by atoms with Crippen molar-refractivity contribution in [3.8, 4) is 10.4 Å². The van der Waals surface area contributed by atoms with Crippen molar-refractivity contribution in [2.45, 2.75) is 39.7 Å². The molecule has 1 N–H and O–H groups in total. The van der Waals surface area contributed by atoms with E-state index in [-0.39, 0.29) is 17.9 Å². The summed E-state index contributed by atoms with van der Waals surface area (Å²) in [6.45, 7) is 7.17. The molecule has 7 nitrogen and oxygen atoms in total. The molecule has 1 aliphatic carbocycles. The number of hydrogen-bond acceptors (Lipinski definition) is 6. The molecule has 4 atom stereocenters. The lowest BCUT2D eigenvalue weighted by Crippen LogP contribution is -2.46. The van der Waals surface area contributed by atoms with E-state index in [1.165, 1.54) is 22.7 Å². The molecular weight excluding hydrogens is 526 g/mol. The van der Waals surface area contributed by atoms with Gasteiger partial charge in [0.1, 0.15) is 11.4 Å². The van der Waals surface area contributed by atoms with E-state index in [2.05, 4.69) is 22.2 Å². The number of thiazole rings is 2. The zero-order chi connectivity index (χ0) is 25.8. The summed E-state index contributed by atoms with van der Waals surface area (Å²) in [5.41, 5.74) is 2.64. The van der Waals surface area contributed by atoms with Gasteiger partial charge in [-0.05, 0) is 62.1 Å². The van der Waals surface area contributed by atoms with E-state index in [1.807, 2.05) is 59.0 Å². The summed E-state index contributed by atoms with van der Waals surface area (Å²) in [5.74, 6) is 1.20. The molecule has 1 aliphatic heterocycles. The van der Waals surface area contributed by atoms with Crippen molar-refractivity contribution in [3.05, 3.63) is 63.0 Å². The number of nitrogens with one attached hydrogen (secondary N) is 1. The summed E-state index contributed by atoms with van der Waals surface area (Å²) in [6, 6.07) is 7.49. The number of imidazole rings is 1. The monoisotopic (exact) mass is 553 g/mol. The Balaban J connectivity index is 1.28. The van der Waals surface area contributed by atoms with Crippen molar-refractivity contribution in [2.75, 3.05) is 13.1 Å². The molecule has 4 heterocycles. The number of amides is 2. The first-order valence-electron chi connectivity index (χ1n) is 12.5. The van der Waals surface area contributed by atoms with Crippen LogP contribution in [-0.2, 0) is 0 Å². The maximum absolute atomic E-state index is 14.0. The number of fused-ring (bicyclic) bond motifs is 2. The second kappa shape index (κ2) is 9.53. The van der Waals surface area contributed by atoms with E-state index in [0.29, 0.717) is 52.9 Å². The largest absolute Gasteiger partial charge is 0.349 e. The van der Waals surface area contributed by atoms with Crippen LogP contribution in [0.25, 0.3) is 15.4 Å². The molecule has 1 saturated heterocycles. The number of nitrogens with zero attached hydrogens (tertiary/aromatic N) is 4. The fraction of sp³-hybridized carbons (Fsp3) is 0.407. The molecule has 1 unspecified atom stereocenters. The van der Waals surface area contributed by atoms with Crippen molar-refractivity contribution in [3.63, 3.8) is 0 Å². The van der Waals surface area contributed by atoms with Gasteiger partial charge in [0.25, 0.3) is 11.8 Å². The van der Waals surface area contributed by atoms with Crippen LogP contribution in [0.2, 0.25) is 5.02 Å². The quantitative estimate of drug-likeness (QED) is 0.343. The highest BCUT2D eigenvalue weighted by atomic mass is 35.5. The van der Waals surface area contributed by atoms with Gasteiger partial charge < -0.3 is 10.2 Å². The Morgan fingerprint density at radius 1 is 1.22 bits per heavy atom. The SMILES string of the molecule is Cc1nc(C(=O)N2C[C@@H]3CC(C)C[C@@H]3[C@H]2CNC(=O)c2c(C)nc3sccn23)c(-c2cccc(Cl)c2)s1. The van der Waals surface area contributed by atoms with Crippen molar-refractivity contribution in [1.29, 1.82) is 0 Å². The highest BCUT2D eigenvalue weighted by molar-refractivity contribution is 7.15. The van der Waals surface area contributed by atoms with Gasteiger partial charge in [0.05, 0.1) is 21.6 Å². The van der Waals surface area contributed by atoms with Crippen molar-refractivity contribution in [2.24, 2.45) is 17.8 Å². The van der Waals surface area contributed by atoms with E-state index >= 15 is 0 Å². The minimum absolute atomic E-state index is 0.0682. The second-order valence-corrected chi connectivity index (χ2v) is 12.8. The average molecular weight is 554 g/mol. The van der Waals surface area contributed by atoms with Gasteiger partial charge in [0.15, 0.2) is 4.96 Å². The van der Waals surface area contributed by atoms with Gasteiger partial charge in [-0.3, -0.25) is 14.0 Å². The lowest BCUT2D eigenvalue weighted by atomic mass is 9.93. The Morgan fingerprint density at radius 2 is 2.05 bits per heavy atom. The third-order valence-corrected chi connectivity index (χ3v) is 9.73. The molecule has 10 heteroatoms. The van der Waals surface area contributed by atoms with Crippen LogP contribution in [0.5, 0.6) is 0 Å². The van der Waals surface area contributed by atoms with Gasteiger partial charge >= 0.3 is 0 Å². The zero-order valence-electron chi connectivity index (χ0n) is 20.9. The first-order chi connectivity index (χ1) is 17.8. The number of likely N-dealkylation sites (tertiary alicyclic amines) is 1. The highest BCUT2D eigenvalue weighted by Crippen LogP contribution is 2.46. The van der Waals surface area contributed by atoms with Crippen LogP contribution < -0.4 is 5.32 Å². The Morgan fingerprint density at radius 3 is 2.86 bits per heavy atom. The first-order valence-corrected chi connectivity index (χ1v) is 14.6. The van der Waals surface area contributed by atoms with Crippen LogP contribution in [0.3, 0.4) is 0 Å². The van der Waals surface area contributed by atoms with Crippen LogP contribution in [0.4, 0.5) is 0 Å². The van der Waals surface area contributed by atoms with Crippen molar-refractivity contribution in [1.82, 2.24) is 24.6 Å². The lowest BCUT2D eigenvalue weighted by Gasteiger charge is -2.28. The lowest BCUT2D eigenvalue weighted by molar-refractivity contribution is 0.0692. The third kappa shape index (κ3) is 4.36. The van der Waals surface area contributed by atoms with Crippen LogP contribution in [0, 0.1) is 31.6 Å². The summed E-state index contributed by atoms with van der Waals surface area (Å²) in [5, 5.41) is 6.54. The Labute approximate surface area is 228 Å². The second-order valence-electron chi connectivity index (χ2n) is 10.3. The summed E-state index contributed by atoms with van der Waals surface area (Å²) >= 11 is 9.27. The zero-order valence-corrected chi connectivity index (χ0v) is 23.3. The van der Waals surface area contributed by atoms with Gasteiger partial charge in [-0.25, -0.2) is 9.97 Å². The van der Waals surface area contributed by atoms with Gasteiger partial charge in [-0.1, -0.05) is 30.7 Å². The summed E-state index contributed by atoms with van der Waals surface area (Å²) in [7, 11) is 0. The molecule has 4 aromatic rings. The molecule has 37 heavy (non-hydrogen) atoms.